The number of methoxy groups -OCH3 is 1. The van der Waals surface area contributed by atoms with E-state index in [0.717, 1.165) is 16.5 Å². The number of nitrogens with zero attached hydrogens (tertiary/aromatic N) is 5. The molecule has 9 heteroatoms. The van der Waals surface area contributed by atoms with Gasteiger partial charge in [0.2, 0.25) is 5.95 Å². The Morgan fingerprint density at radius 2 is 1.94 bits per heavy atom. The minimum absolute atomic E-state index is 0.0961. The molecule has 0 aliphatic carbocycles. The minimum atomic E-state index is -0.125. The standard InChI is InChI=1S/C24H24ClN5O3/c1-3-33-23(31)15-10-12-29(13-11-15)24-26-19-14-16(25)8-9-17(19)21-27-28-22(30(21)24)18-6-4-5-7-20(18)32-2/h4-9,14-15H,3,10-13H2,1-2H3. The van der Waals surface area contributed by atoms with Crippen LogP contribution >= 0.6 is 11.6 Å². The van der Waals surface area contributed by atoms with Crippen molar-refractivity contribution >= 4 is 40.1 Å². The van der Waals surface area contributed by atoms with E-state index >= 15 is 0 Å². The number of carbonyl (C=O) groups is 1. The summed E-state index contributed by atoms with van der Waals surface area (Å²) < 4.78 is 12.8. The highest BCUT2D eigenvalue weighted by molar-refractivity contribution is 6.31. The Morgan fingerprint density at radius 1 is 1.15 bits per heavy atom. The summed E-state index contributed by atoms with van der Waals surface area (Å²) in [5.74, 6) is 1.85. The number of esters is 1. The van der Waals surface area contributed by atoms with Gasteiger partial charge in [-0.05, 0) is 50.1 Å². The second-order valence-corrected chi connectivity index (χ2v) is 8.41. The Kier molecular flexibility index (Phi) is 5.76. The van der Waals surface area contributed by atoms with Crippen LogP contribution in [0.3, 0.4) is 0 Å². The lowest BCUT2D eigenvalue weighted by Gasteiger charge is -2.32. The van der Waals surface area contributed by atoms with Crippen LogP contribution in [-0.4, -0.2) is 52.4 Å². The molecule has 1 aliphatic rings. The fourth-order valence-corrected chi connectivity index (χ4v) is 4.55. The molecule has 1 fully saturated rings. The van der Waals surface area contributed by atoms with E-state index in [4.69, 9.17) is 26.1 Å². The molecule has 0 N–H and O–H groups in total. The third kappa shape index (κ3) is 3.84. The zero-order valence-corrected chi connectivity index (χ0v) is 19.2. The first-order chi connectivity index (χ1) is 16.1. The number of anilines is 1. The predicted molar refractivity (Wildman–Crippen MR) is 127 cm³/mol. The summed E-state index contributed by atoms with van der Waals surface area (Å²) in [5.41, 5.74) is 2.27. The number of aromatic nitrogens is 4. The van der Waals surface area contributed by atoms with Crippen LogP contribution in [0, 0.1) is 5.92 Å². The third-order valence-electron chi connectivity index (χ3n) is 6.03. The smallest absolute Gasteiger partial charge is 0.309 e. The van der Waals surface area contributed by atoms with Crippen LogP contribution < -0.4 is 9.64 Å². The molecule has 0 amide bonds. The van der Waals surface area contributed by atoms with Crippen LogP contribution in [0.5, 0.6) is 5.75 Å². The fraction of sp³-hybridized carbons (Fsp3) is 0.333. The van der Waals surface area contributed by atoms with Crippen LogP contribution in [0.2, 0.25) is 5.02 Å². The number of piperidine rings is 1. The molecule has 3 heterocycles. The molecule has 2 aromatic heterocycles. The van der Waals surface area contributed by atoms with Crippen molar-refractivity contribution in [2.45, 2.75) is 19.8 Å². The Balaban J connectivity index is 1.65. The van der Waals surface area contributed by atoms with Crippen molar-refractivity contribution < 1.29 is 14.3 Å². The number of ether oxygens (including phenoxy) is 2. The number of fused-ring (bicyclic) bond motifs is 3. The Morgan fingerprint density at radius 3 is 2.70 bits per heavy atom. The highest BCUT2D eigenvalue weighted by Gasteiger charge is 2.29. The van der Waals surface area contributed by atoms with Crippen molar-refractivity contribution in [3.05, 3.63) is 47.5 Å². The molecule has 5 rings (SSSR count). The number of benzene rings is 2. The highest BCUT2D eigenvalue weighted by atomic mass is 35.5. The van der Waals surface area contributed by atoms with E-state index in [1.165, 1.54) is 0 Å². The average Bonchev–Trinajstić information content (AvgIpc) is 3.28. The SMILES string of the molecule is CCOC(=O)C1CCN(c2nc3cc(Cl)ccc3c3nnc(-c4ccccc4OC)n23)CC1. The molecule has 33 heavy (non-hydrogen) atoms. The lowest BCUT2D eigenvalue weighted by atomic mass is 9.97. The summed E-state index contributed by atoms with van der Waals surface area (Å²) in [6.45, 7) is 3.57. The van der Waals surface area contributed by atoms with Gasteiger partial charge < -0.3 is 14.4 Å². The van der Waals surface area contributed by atoms with E-state index in [1.54, 1.807) is 7.11 Å². The summed E-state index contributed by atoms with van der Waals surface area (Å²) in [6.07, 6.45) is 1.39. The van der Waals surface area contributed by atoms with Crippen molar-refractivity contribution in [2.75, 3.05) is 31.7 Å². The maximum absolute atomic E-state index is 12.2. The summed E-state index contributed by atoms with van der Waals surface area (Å²) in [4.78, 5) is 19.4. The summed E-state index contributed by atoms with van der Waals surface area (Å²) >= 11 is 6.27. The van der Waals surface area contributed by atoms with Gasteiger partial charge in [0.25, 0.3) is 0 Å². The number of hydrogen-bond acceptors (Lipinski definition) is 7. The molecule has 8 nitrogen and oxygen atoms in total. The quantitative estimate of drug-likeness (QED) is 0.404. The second-order valence-electron chi connectivity index (χ2n) is 7.97. The molecular formula is C24H24ClN5O3. The topological polar surface area (TPSA) is 81.9 Å². The van der Waals surface area contributed by atoms with Crippen LogP contribution in [0.1, 0.15) is 19.8 Å². The molecule has 0 spiro atoms. The maximum Gasteiger partial charge on any atom is 0.309 e. The number of halogens is 1. The maximum atomic E-state index is 12.2. The van der Waals surface area contributed by atoms with Gasteiger partial charge in [-0.1, -0.05) is 23.7 Å². The molecule has 1 saturated heterocycles. The van der Waals surface area contributed by atoms with E-state index in [-0.39, 0.29) is 11.9 Å². The fourth-order valence-electron chi connectivity index (χ4n) is 4.38. The first kappa shape index (κ1) is 21.5. The van der Waals surface area contributed by atoms with E-state index in [0.29, 0.717) is 60.7 Å². The minimum Gasteiger partial charge on any atom is -0.496 e. The molecular weight excluding hydrogens is 442 g/mol. The van der Waals surface area contributed by atoms with E-state index in [1.807, 2.05) is 53.8 Å². The van der Waals surface area contributed by atoms with Gasteiger partial charge in [0.1, 0.15) is 5.75 Å². The normalized spacial score (nSPS) is 14.7. The van der Waals surface area contributed by atoms with Gasteiger partial charge in [-0.3, -0.25) is 4.79 Å². The zero-order chi connectivity index (χ0) is 22.9. The molecule has 0 saturated carbocycles. The molecule has 0 radical (unpaired) electrons. The Labute approximate surface area is 196 Å². The molecule has 1 aliphatic heterocycles. The molecule has 0 bridgehead atoms. The van der Waals surface area contributed by atoms with Crippen molar-refractivity contribution in [1.29, 1.82) is 0 Å². The van der Waals surface area contributed by atoms with Crippen molar-refractivity contribution in [3.63, 3.8) is 0 Å². The van der Waals surface area contributed by atoms with Crippen LogP contribution in [0.25, 0.3) is 27.9 Å². The summed E-state index contributed by atoms with van der Waals surface area (Å²) in [6, 6.07) is 13.3. The Hall–Kier alpha value is -3.39. The number of para-hydroxylation sites is 1. The predicted octanol–water partition coefficient (Wildman–Crippen LogP) is 4.39. The second kappa shape index (κ2) is 8.86. The van der Waals surface area contributed by atoms with E-state index in [9.17, 15) is 4.79 Å². The number of rotatable bonds is 5. The van der Waals surface area contributed by atoms with E-state index < -0.39 is 0 Å². The van der Waals surface area contributed by atoms with E-state index in [2.05, 4.69) is 15.1 Å². The van der Waals surface area contributed by atoms with Gasteiger partial charge in [-0.25, -0.2) is 9.38 Å². The van der Waals surface area contributed by atoms with Gasteiger partial charge in [-0.2, -0.15) is 0 Å². The van der Waals surface area contributed by atoms with Gasteiger partial charge in [-0.15, -0.1) is 10.2 Å². The first-order valence-electron chi connectivity index (χ1n) is 11.0. The van der Waals surface area contributed by atoms with Crippen molar-refractivity contribution in [2.24, 2.45) is 5.92 Å². The molecule has 170 valence electrons. The van der Waals surface area contributed by atoms with Gasteiger partial charge in [0.05, 0.1) is 30.7 Å². The lowest BCUT2D eigenvalue weighted by Crippen LogP contribution is -2.38. The van der Waals surface area contributed by atoms with Gasteiger partial charge in [0, 0.05) is 23.5 Å². The largest absolute Gasteiger partial charge is 0.496 e. The van der Waals surface area contributed by atoms with Crippen LogP contribution in [0.4, 0.5) is 5.95 Å². The zero-order valence-electron chi connectivity index (χ0n) is 18.5. The molecule has 2 aromatic carbocycles. The average molecular weight is 466 g/mol. The first-order valence-corrected chi connectivity index (χ1v) is 11.4. The molecule has 0 unspecified atom stereocenters. The highest BCUT2D eigenvalue weighted by Crippen LogP contribution is 2.34. The third-order valence-corrected chi connectivity index (χ3v) is 6.26. The molecule has 4 aromatic rings. The molecule has 0 atom stereocenters. The van der Waals surface area contributed by atoms with Gasteiger partial charge in [0.15, 0.2) is 11.5 Å². The van der Waals surface area contributed by atoms with Crippen LogP contribution in [0.15, 0.2) is 42.5 Å². The number of carbonyl (C=O) groups excluding carboxylic acids is 1. The van der Waals surface area contributed by atoms with Crippen LogP contribution in [-0.2, 0) is 9.53 Å². The van der Waals surface area contributed by atoms with Crippen molar-refractivity contribution in [1.82, 2.24) is 19.6 Å². The number of hydrogen-bond donors (Lipinski definition) is 0. The monoisotopic (exact) mass is 465 g/mol. The summed E-state index contributed by atoms with van der Waals surface area (Å²) in [5, 5.41) is 10.5. The lowest BCUT2D eigenvalue weighted by molar-refractivity contribution is -0.148. The van der Waals surface area contributed by atoms with Crippen molar-refractivity contribution in [3.8, 4) is 17.1 Å². The Bertz CT molecular complexity index is 1330. The summed E-state index contributed by atoms with van der Waals surface area (Å²) in [7, 11) is 1.64. The van der Waals surface area contributed by atoms with Gasteiger partial charge >= 0.3 is 5.97 Å².